The summed E-state index contributed by atoms with van der Waals surface area (Å²) in [6.45, 7) is 13.1. The van der Waals surface area contributed by atoms with E-state index in [0.717, 1.165) is 75.1 Å². The number of hydrogen-bond donors (Lipinski definition) is 1. The lowest BCUT2D eigenvalue weighted by molar-refractivity contribution is 0.0534. The van der Waals surface area contributed by atoms with Crippen molar-refractivity contribution in [3.8, 4) is 0 Å². The van der Waals surface area contributed by atoms with Gasteiger partial charge in [0.1, 0.15) is 18.2 Å². The van der Waals surface area contributed by atoms with E-state index in [9.17, 15) is 0 Å². The van der Waals surface area contributed by atoms with Gasteiger partial charge in [0.2, 0.25) is 0 Å². The van der Waals surface area contributed by atoms with Gasteiger partial charge in [0.15, 0.2) is 0 Å². The summed E-state index contributed by atoms with van der Waals surface area (Å²) >= 11 is 0. The fourth-order valence-electron chi connectivity index (χ4n) is 5.99. The number of rotatable bonds is 8. The Balaban J connectivity index is 1.23. The predicted molar refractivity (Wildman–Crippen MR) is 148 cm³/mol. The summed E-state index contributed by atoms with van der Waals surface area (Å²) in [4.78, 5) is 17.5. The molecule has 0 spiro atoms. The minimum Gasteiger partial charge on any atom is -0.490 e. The van der Waals surface area contributed by atoms with Crippen molar-refractivity contribution in [3.63, 3.8) is 0 Å². The SMILES string of the molecule is CCN(CCC(C)C1=CC2=C(CC(C3CC3)=N1)OCc1c(N3CCOCC3)ccnc1N2)C1CN(C)C1. The molecule has 0 aromatic carbocycles. The molecule has 1 N–H and O–H groups in total. The Kier molecular flexibility index (Phi) is 7.23. The molecule has 37 heavy (non-hydrogen) atoms. The van der Waals surface area contributed by atoms with Gasteiger partial charge in [0.25, 0.3) is 0 Å². The molecule has 5 aliphatic rings. The predicted octanol–water partition coefficient (Wildman–Crippen LogP) is 3.87. The molecule has 1 aromatic heterocycles. The van der Waals surface area contributed by atoms with Crippen LogP contribution in [0.2, 0.25) is 0 Å². The molecule has 2 saturated heterocycles. The van der Waals surface area contributed by atoms with Crippen molar-refractivity contribution in [2.75, 3.05) is 69.7 Å². The molecule has 1 aliphatic carbocycles. The number of allylic oxidation sites excluding steroid dienone is 3. The molecular formula is C29H42N6O2. The summed E-state index contributed by atoms with van der Waals surface area (Å²) in [5.74, 6) is 2.89. The van der Waals surface area contributed by atoms with Crippen molar-refractivity contribution in [1.29, 1.82) is 0 Å². The second-order valence-electron chi connectivity index (χ2n) is 11.3. The van der Waals surface area contributed by atoms with E-state index < -0.39 is 0 Å². The monoisotopic (exact) mass is 506 g/mol. The first-order valence-corrected chi connectivity index (χ1v) is 14.2. The quantitative estimate of drug-likeness (QED) is 0.574. The number of likely N-dealkylation sites (N-methyl/N-ethyl adjacent to an activating group) is 2. The van der Waals surface area contributed by atoms with E-state index in [1.807, 2.05) is 6.20 Å². The van der Waals surface area contributed by atoms with E-state index >= 15 is 0 Å². The third-order valence-corrected chi connectivity index (χ3v) is 8.60. The first-order chi connectivity index (χ1) is 18.1. The Hall–Kier alpha value is -2.42. The van der Waals surface area contributed by atoms with Gasteiger partial charge >= 0.3 is 0 Å². The van der Waals surface area contributed by atoms with Crippen LogP contribution in [0, 0.1) is 11.8 Å². The minimum atomic E-state index is 0.379. The van der Waals surface area contributed by atoms with Gasteiger partial charge < -0.3 is 24.6 Å². The maximum atomic E-state index is 6.54. The number of morpholine rings is 1. The second-order valence-corrected chi connectivity index (χ2v) is 11.3. The summed E-state index contributed by atoms with van der Waals surface area (Å²) in [5, 5.41) is 3.68. The van der Waals surface area contributed by atoms with Gasteiger partial charge in [-0.05, 0) is 63.4 Å². The molecule has 0 radical (unpaired) electrons. The Morgan fingerprint density at radius 1 is 1.22 bits per heavy atom. The van der Waals surface area contributed by atoms with Crippen LogP contribution >= 0.6 is 0 Å². The summed E-state index contributed by atoms with van der Waals surface area (Å²) < 4.78 is 12.1. The van der Waals surface area contributed by atoms with Crippen LogP contribution in [-0.4, -0.2) is 86.1 Å². The molecule has 4 aliphatic heterocycles. The molecule has 0 amide bonds. The number of aromatic nitrogens is 1. The van der Waals surface area contributed by atoms with Crippen molar-refractivity contribution >= 4 is 17.2 Å². The van der Waals surface area contributed by atoms with Gasteiger partial charge in [-0.25, -0.2) is 4.98 Å². The van der Waals surface area contributed by atoms with E-state index in [-0.39, 0.29) is 0 Å². The summed E-state index contributed by atoms with van der Waals surface area (Å²) in [6, 6.07) is 2.82. The summed E-state index contributed by atoms with van der Waals surface area (Å²) in [7, 11) is 2.21. The average Bonchev–Trinajstić information content (AvgIpc) is 3.75. The highest BCUT2D eigenvalue weighted by atomic mass is 16.5. The standard InChI is InChI=1S/C29H42N6O2/c1-4-34(22-17-33(3)18-22)10-8-20(2)24-15-26-28(16-25(31-24)21-5-6-21)37-19-23-27(7-9-30-29(23)32-26)35-11-13-36-14-12-35/h7,9,15,20-22H,4-6,8,10-14,16-19H2,1-3H3,(H,30,32). The van der Waals surface area contributed by atoms with Crippen molar-refractivity contribution < 1.29 is 9.47 Å². The number of nitrogens with zero attached hydrogens (tertiary/aromatic N) is 5. The van der Waals surface area contributed by atoms with E-state index in [0.29, 0.717) is 24.5 Å². The van der Waals surface area contributed by atoms with Crippen LogP contribution in [0.25, 0.3) is 0 Å². The average molecular weight is 507 g/mol. The lowest BCUT2D eigenvalue weighted by Crippen LogP contribution is -2.57. The summed E-state index contributed by atoms with van der Waals surface area (Å²) in [6.07, 6.45) is 8.56. The largest absolute Gasteiger partial charge is 0.490 e. The molecule has 1 aromatic rings. The summed E-state index contributed by atoms with van der Waals surface area (Å²) in [5.41, 5.74) is 5.84. The number of nitrogens with one attached hydrogen (secondary N) is 1. The van der Waals surface area contributed by atoms with Crippen molar-refractivity contribution in [2.24, 2.45) is 16.8 Å². The third kappa shape index (κ3) is 5.42. The van der Waals surface area contributed by atoms with Crippen molar-refractivity contribution in [1.82, 2.24) is 14.8 Å². The van der Waals surface area contributed by atoms with Gasteiger partial charge in [0, 0.05) is 61.9 Å². The van der Waals surface area contributed by atoms with Gasteiger partial charge in [-0.15, -0.1) is 0 Å². The molecule has 1 unspecified atom stereocenters. The highest BCUT2D eigenvalue weighted by Gasteiger charge is 2.33. The van der Waals surface area contributed by atoms with E-state index in [1.54, 1.807) is 0 Å². The number of likely N-dealkylation sites (tertiary alicyclic amines) is 1. The molecule has 3 fully saturated rings. The van der Waals surface area contributed by atoms with Crippen LogP contribution in [-0.2, 0) is 16.1 Å². The number of hydrogen-bond acceptors (Lipinski definition) is 8. The fraction of sp³-hybridized carbons (Fsp3) is 0.655. The highest BCUT2D eigenvalue weighted by molar-refractivity contribution is 5.92. The molecule has 1 saturated carbocycles. The zero-order valence-corrected chi connectivity index (χ0v) is 22.7. The molecule has 200 valence electrons. The molecule has 5 heterocycles. The van der Waals surface area contributed by atoms with Crippen LogP contribution in [0.4, 0.5) is 11.5 Å². The Labute approximate surface area is 221 Å². The molecule has 8 nitrogen and oxygen atoms in total. The Morgan fingerprint density at radius 2 is 2.03 bits per heavy atom. The molecule has 6 rings (SSSR count). The van der Waals surface area contributed by atoms with Crippen LogP contribution in [0.15, 0.2) is 40.5 Å². The zero-order chi connectivity index (χ0) is 25.4. The first-order valence-electron chi connectivity index (χ1n) is 14.2. The molecule has 1 atom stereocenters. The van der Waals surface area contributed by atoms with Crippen molar-refractivity contribution in [3.05, 3.63) is 41.1 Å². The van der Waals surface area contributed by atoms with E-state index in [1.165, 1.54) is 43.0 Å². The van der Waals surface area contributed by atoms with Crippen LogP contribution < -0.4 is 10.2 Å². The van der Waals surface area contributed by atoms with E-state index in [4.69, 9.17) is 19.5 Å². The maximum absolute atomic E-state index is 6.54. The van der Waals surface area contributed by atoms with Crippen molar-refractivity contribution in [2.45, 2.75) is 52.2 Å². The van der Waals surface area contributed by atoms with Crippen LogP contribution in [0.1, 0.15) is 45.1 Å². The number of anilines is 2. The number of ether oxygens (including phenoxy) is 2. The molecular weight excluding hydrogens is 464 g/mol. The number of fused-ring (bicyclic) bond motifs is 1. The smallest absolute Gasteiger partial charge is 0.139 e. The number of pyridine rings is 1. The Bertz CT molecular complexity index is 1080. The van der Waals surface area contributed by atoms with Crippen LogP contribution in [0.5, 0.6) is 0 Å². The minimum absolute atomic E-state index is 0.379. The Morgan fingerprint density at radius 3 is 2.76 bits per heavy atom. The maximum Gasteiger partial charge on any atom is 0.139 e. The second kappa shape index (κ2) is 10.8. The normalized spacial score (nSPS) is 23.6. The van der Waals surface area contributed by atoms with Crippen LogP contribution in [0.3, 0.4) is 0 Å². The fourth-order valence-corrected chi connectivity index (χ4v) is 5.99. The first kappa shape index (κ1) is 24.9. The van der Waals surface area contributed by atoms with E-state index in [2.05, 4.69) is 53.1 Å². The topological polar surface area (TPSA) is 65.5 Å². The van der Waals surface area contributed by atoms with Gasteiger partial charge in [-0.1, -0.05) is 13.8 Å². The highest BCUT2D eigenvalue weighted by Crippen LogP contribution is 2.39. The number of aliphatic imine (C=N–C) groups is 1. The molecule has 8 heteroatoms. The van der Waals surface area contributed by atoms with Gasteiger partial charge in [-0.2, -0.15) is 0 Å². The zero-order valence-electron chi connectivity index (χ0n) is 22.7. The molecule has 0 bridgehead atoms. The lowest BCUT2D eigenvalue weighted by atomic mass is 10.0. The third-order valence-electron chi connectivity index (χ3n) is 8.60. The lowest BCUT2D eigenvalue weighted by Gasteiger charge is -2.43. The van der Waals surface area contributed by atoms with Gasteiger partial charge in [-0.3, -0.25) is 9.89 Å². The van der Waals surface area contributed by atoms with Gasteiger partial charge in [0.05, 0.1) is 24.5 Å².